The molecule has 7 heteroatoms. The van der Waals surface area contributed by atoms with Gasteiger partial charge >= 0.3 is 12.1 Å². The first-order chi connectivity index (χ1) is 12.9. The number of rotatable bonds is 5. The highest BCUT2D eigenvalue weighted by molar-refractivity contribution is 6.30. The Morgan fingerprint density at radius 2 is 1.61 bits per heavy atom. The van der Waals surface area contributed by atoms with Crippen LogP contribution in [0.4, 0.5) is 4.79 Å². The van der Waals surface area contributed by atoms with Crippen LogP contribution in [0, 0.1) is 0 Å². The second-order valence-electron chi connectivity index (χ2n) is 7.65. The van der Waals surface area contributed by atoms with Gasteiger partial charge in [0.25, 0.3) is 0 Å². The van der Waals surface area contributed by atoms with Crippen molar-refractivity contribution in [3.63, 3.8) is 0 Å². The zero-order valence-electron chi connectivity index (χ0n) is 16.1. The van der Waals surface area contributed by atoms with Gasteiger partial charge in [0.1, 0.15) is 11.0 Å². The molecule has 0 aromatic heterocycles. The molecular weight excluding hydrogens is 401 g/mol. The Bertz CT molecular complexity index is 861. The average molecular weight is 424 g/mol. The van der Waals surface area contributed by atoms with Gasteiger partial charge in [0.15, 0.2) is 0 Å². The molecule has 1 amide bonds. The van der Waals surface area contributed by atoms with Gasteiger partial charge in [0.05, 0.1) is 6.04 Å². The molecule has 0 saturated carbocycles. The van der Waals surface area contributed by atoms with Crippen LogP contribution in [0.25, 0.3) is 0 Å². The van der Waals surface area contributed by atoms with Crippen molar-refractivity contribution in [2.75, 3.05) is 0 Å². The van der Waals surface area contributed by atoms with E-state index in [-0.39, 0.29) is 0 Å². The summed E-state index contributed by atoms with van der Waals surface area (Å²) in [4.78, 5) is 24.9. The molecule has 5 nitrogen and oxygen atoms in total. The average Bonchev–Trinajstić information content (AvgIpc) is 2.58. The SMILES string of the molecule is CC(C)(C)OC(=O)N[C@H](c1ccc(Cl)cc1)[C@@](C)(C(=O)O)c1cccc(Cl)c1. The molecule has 0 radical (unpaired) electrons. The minimum atomic E-state index is -1.52. The molecular formula is C21H23Cl2NO4. The monoisotopic (exact) mass is 423 g/mol. The fourth-order valence-electron chi connectivity index (χ4n) is 2.87. The van der Waals surface area contributed by atoms with Crippen LogP contribution >= 0.6 is 23.2 Å². The molecule has 150 valence electrons. The highest BCUT2D eigenvalue weighted by Crippen LogP contribution is 2.39. The summed E-state index contributed by atoms with van der Waals surface area (Å²) in [7, 11) is 0. The zero-order valence-corrected chi connectivity index (χ0v) is 17.6. The Balaban J connectivity index is 2.58. The number of aliphatic carboxylic acids is 1. The van der Waals surface area contributed by atoms with Gasteiger partial charge in [-0.1, -0.05) is 47.5 Å². The highest BCUT2D eigenvalue weighted by Gasteiger charge is 2.45. The van der Waals surface area contributed by atoms with E-state index in [2.05, 4.69) is 5.32 Å². The third-order valence-electron chi connectivity index (χ3n) is 4.31. The van der Waals surface area contributed by atoms with Gasteiger partial charge in [-0.25, -0.2) is 4.79 Å². The lowest BCUT2D eigenvalue weighted by atomic mass is 9.73. The number of carboxylic acids is 1. The smallest absolute Gasteiger partial charge is 0.408 e. The number of carbonyl (C=O) groups excluding carboxylic acids is 1. The van der Waals surface area contributed by atoms with Gasteiger partial charge in [-0.05, 0) is 63.1 Å². The molecule has 2 atom stereocenters. The standard InChI is InChI=1S/C21H23Cl2NO4/c1-20(2,3)28-19(27)24-17(13-8-10-15(22)11-9-13)21(4,18(25)26)14-6-5-7-16(23)12-14/h5-12,17H,1-4H3,(H,24,27)(H,25,26)/t17-,21+/m1/s1. The third-order valence-corrected chi connectivity index (χ3v) is 4.80. The Hall–Kier alpha value is -2.24. The number of alkyl carbamates (subject to hydrolysis) is 1. The summed E-state index contributed by atoms with van der Waals surface area (Å²) in [5.74, 6) is -1.12. The zero-order chi connectivity index (χ0) is 21.1. The van der Waals surface area contributed by atoms with Crippen molar-refractivity contribution >= 4 is 35.3 Å². The quantitative estimate of drug-likeness (QED) is 0.655. The van der Waals surface area contributed by atoms with Crippen LogP contribution < -0.4 is 5.32 Å². The molecule has 0 aliphatic heterocycles. The number of hydrogen-bond acceptors (Lipinski definition) is 3. The minimum absolute atomic E-state index is 0.400. The second-order valence-corrected chi connectivity index (χ2v) is 8.52. The predicted octanol–water partition coefficient (Wildman–Crippen LogP) is 5.60. The summed E-state index contributed by atoms with van der Waals surface area (Å²) in [5.41, 5.74) is -1.23. The van der Waals surface area contributed by atoms with Crippen molar-refractivity contribution in [2.45, 2.75) is 44.8 Å². The molecule has 2 aromatic rings. The van der Waals surface area contributed by atoms with Gasteiger partial charge in [-0.15, -0.1) is 0 Å². The maximum Gasteiger partial charge on any atom is 0.408 e. The van der Waals surface area contributed by atoms with Gasteiger partial charge < -0.3 is 15.2 Å². The fourth-order valence-corrected chi connectivity index (χ4v) is 3.18. The van der Waals surface area contributed by atoms with Crippen molar-refractivity contribution in [1.82, 2.24) is 5.32 Å². The number of nitrogens with one attached hydrogen (secondary N) is 1. The lowest BCUT2D eigenvalue weighted by Gasteiger charge is -2.36. The number of benzene rings is 2. The van der Waals surface area contributed by atoms with Crippen molar-refractivity contribution in [3.05, 3.63) is 69.7 Å². The number of hydrogen-bond donors (Lipinski definition) is 2. The Labute approximate surface area is 174 Å². The highest BCUT2D eigenvalue weighted by atomic mass is 35.5. The van der Waals surface area contributed by atoms with E-state index in [0.717, 1.165) is 0 Å². The van der Waals surface area contributed by atoms with Gasteiger partial charge in [-0.2, -0.15) is 0 Å². The van der Waals surface area contributed by atoms with Crippen molar-refractivity contribution in [2.24, 2.45) is 0 Å². The largest absolute Gasteiger partial charge is 0.481 e. The summed E-state index contributed by atoms with van der Waals surface area (Å²) < 4.78 is 5.35. The van der Waals surface area contributed by atoms with Crippen LogP contribution in [-0.4, -0.2) is 22.8 Å². The maximum atomic E-state index is 12.5. The number of carboxylic acid groups (broad SMARTS) is 1. The van der Waals surface area contributed by atoms with Crippen LogP contribution in [-0.2, 0) is 14.9 Å². The van der Waals surface area contributed by atoms with E-state index < -0.39 is 29.1 Å². The molecule has 2 aromatic carbocycles. The summed E-state index contributed by atoms with van der Waals surface area (Å²) in [6.45, 7) is 6.74. The van der Waals surface area contributed by atoms with E-state index in [9.17, 15) is 14.7 Å². The molecule has 2 N–H and O–H groups in total. The maximum absolute atomic E-state index is 12.5. The topological polar surface area (TPSA) is 75.6 Å². The van der Waals surface area contributed by atoms with E-state index in [4.69, 9.17) is 27.9 Å². The first-order valence-corrected chi connectivity index (χ1v) is 9.43. The predicted molar refractivity (Wildman–Crippen MR) is 110 cm³/mol. The molecule has 0 saturated heterocycles. The fraction of sp³-hybridized carbons (Fsp3) is 0.333. The molecule has 2 rings (SSSR count). The first-order valence-electron chi connectivity index (χ1n) is 8.68. The third kappa shape index (κ3) is 5.18. The van der Waals surface area contributed by atoms with Crippen LogP contribution in [0.15, 0.2) is 48.5 Å². The van der Waals surface area contributed by atoms with E-state index in [1.807, 2.05) is 0 Å². The van der Waals surface area contributed by atoms with Gasteiger partial charge in [0, 0.05) is 10.0 Å². The Morgan fingerprint density at radius 3 is 2.11 bits per heavy atom. The van der Waals surface area contributed by atoms with Crippen LogP contribution in [0.2, 0.25) is 10.0 Å². The van der Waals surface area contributed by atoms with Crippen LogP contribution in [0.5, 0.6) is 0 Å². The minimum Gasteiger partial charge on any atom is -0.481 e. The first kappa shape index (κ1) is 22.1. The molecule has 0 spiro atoms. The van der Waals surface area contributed by atoms with E-state index in [0.29, 0.717) is 21.2 Å². The number of ether oxygens (including phenoxy) is 1. The Kier molecular flexibility index (Phi) is 6.63. The Morgan fingerprint density at radius 1 is 1.00 bits per heavy atom. The summed E-state index contributed by atoms with van der Waals surface area (Å²) >= 11 is 12.1. The molecule has 0 heterocycles. The summed E-state index contributed by atoms with van der Waals surface area (Å²) in [5, 5.41) is 13.8. The molecule has 0 fully saturated rings. The molecule has 0 unspecified atom stereocenters. The van der Waals surface area contributed by atoms with Gasteiger partial charge in [-0.3, -0.25) is 4.79 Å². The normalized spacial score (nSPS) is 14.6. The number of carbonyl (C=O) groups is 2. The second kappa shape index (κ2) is 8.41. The van der Waals surface area contributed by atoms with Crippen LogP contribution in [0.1, 0.15) is 44.9 Å². The number of halogens is 2. The van der Waals surface area contributed by atoms with Crippen molar-refractivity contribution < 1.29 is 19.4 Å². The molecule has 0 aliphatic carbocycles. The van der Waals surface area contributed by atoms with E-state index >= 15 is 0 Å². The van der Waals surface area contributed by atoms with E-state index in [1.54, 1.807) is 69.3 Å². The summed E-state index contributed by atoms with van der Waals surface area (Å²) in [6, 6.07) is 12.3. The lowest BCUT2D eigenvalue weighted by molar-refractivity contribution is -0.144. The molecule has 0 aliphatic rings. The van der Waals surface area contributed by atoms with Crippen molar-refractivity contribution in [3.8, 4) is 0 Å². The number of amides is 1. The van der Waals surface area contributed by atoms with E-state index in [1.165, 1.54) is 6.92 Å². The molecule has 0 bridgehead atoms. The summed E-state index contributed by atoms with van der Waals surface area (Å²) in [6.07, 6.45) is -0.720. The van der Waals surface area contributed by atoms with Crippen LogP contribution in [0.3, 0.4) is 0 Å². The van der Waals surface area contributed by atoms with Gasteiger partial charge in [0.2, 0.25) is 0 Å². The molecule has 28 heavy (non-hydrogen) atoms. The van der Waals surface area contributed by atoms with Crippen molar-refractivity contribution in [1.29, 1.82) is 0 Å². The lowest BCUT2D eigenvalue weighted by Crippen LogP contribution is -2.48.